The second-order valence-corrected chi connectivity index (χ2v) is 5.90. The molecule has 0 N–H and O–H groups in total. The normalized spacial score (nSPS) is 11.1. The topological polar surface area (TPSA) is 48.0 Å². The molecule has 0 fully saturated rings. The predicted molar refractivity (Wildman–Crippen MR) is 94.9 cm³/mol. The van der Waals surface area contributed by atoms with Gasteiger partial charge in [0, 0.05) is 18.7 Å². The minimum Gasteiger partial charge on any atom is -0.355 e. The molecule has 0 amide bonds. The fraction of sp³-hybridized carbons (Fsp3) is 0.100. The minimum absolute atomic E-state index is 0.108. The van der Waals surface area contributed by atoms with Crippen molar-refractivity contribution in [1.29, 1.82) is 0 Å². The summed E-state index contributed by atoms with van der Waals surface area (Å²) >= 11 is 0. The fourth-order valence-corrected chi connectivity index (χ4v) is 2.90. The molecular weight excluding hydrogens is 300 g/mol. The third-order valence-electron chi connectivity index (χ3n) is 4.26. The maximum Gasteiger partial charge on any atom is 0.264 e. The lowest BCUT2D eigenvalue weighted by Crippen LogP contribution is -2.18. The van der Waals surface area contributed by atoms with Crippen LogP contribution in [0.3, 0.4) is 0 Å². The lowest BCUT2D eigenvalue weighted by Gasteiger charge is -2.08. The van der Waals surface area contributed by atoms with Gasteiger partial charge in [0.2, 0.25) is 0 Å². The molecule has 0 bridgehead atoms. The highest BCUT2D eigenvalue weighted by Gasteiger charge is 2.17. The smallest absolute Gasteiger partial charge is 0.264 e. The van der Waals surface area contributed by atoms with Gasteiger partial charge in [0.25, 0.3) is 5.56 Å². The van der Waals surface area contributed by atoms with Crippen molar-refractivity contribution in [2.75, 3.05) is 0 Å². The first-order chi connectivity index (χ1) is 11.6. The molecule has 0 aliphatic carbocycles. The van der Waals surface area contributed by atoms with E-state index in [1.807, 2.05) is 67.6 Å². The number of aryl methyl sites for hydroxylation is 1. The average Bonchev–Trinajstić information content (AvgIpc) is 3.03. The predicted octanol–water partition coefficient (Wildman–Crippen LogP) is 4.17. The first-order valence-electron chi connectivity index (χ1n) is 7.77. The summed E-state index contributed by atoms with van der Waals surface area (Å²) in [6.07, 6.45) is 0. The molecule has 4 nitrogen and oxygen atoms in total. The Morgan fingerprint density at radius 3 is 2.38 bits per heavy atom. The number of aromatic nitrogens is 2. The van der Waals surface area contributed by atoms with E-state index in [0.717, 1.165) is 22.4 Å². The Kier molecular flexibility index (Phi) is 3.31. The maximum absolute atomic E-state index is 12.9. The van der Waals surface area contributed by atoms with E-state index < -0.39 is 0 Å². The second kappa shape index (κ2) is 5.49. The van der Waals surface area contributed by atoms with Crippen LogP contribution >= 0.6 is 0 Å². The molecule has 4 heteroatoms. The fourth-order valence-electron chi connectivity index (χ4n) is 2.90. The highest BCUT2D eigenvalue weighted by molar-refractivity contribution is 5.92. The molecule has 0 spiro atoms. The van der Waals surface area contributed by atoms with Crippen LogP contribution in [-0.2, 0) is 7.05 Å². The summed E-state index contributed by atoms with van der Waals surface area (Å²) in [7, 11) is 1.77. The SMILES string of the molecule is Cc1ccc(-c2noc3cc(-c4ccccc4)n(C)c(=O)c23)cc1. The number of benzene rings is 2. The van der Waals surface area contributed by atoms with Crippen molar-refractivity contribution in [2.45, 2.75) is 6.92 Å². The van der Waals surface area contributed by atoms with Crippen molar-refractivity contribution in [2.24, 2.45) is 7.05 Å². The average molecular weight is 316 g/mol. The van der Waals surface area contributed by atoms with Gasteiger partial charge in [-0.3, -0.25) is 4.79 Å². The van der Waals surface area contributed by atoms with Gasteiger partial charge >= 0.3 is 0 Å². The van der Waals surface area contributed by atoms with E-state index in [4.69, 9.17) is 4.52 Å². The molecule has 0 unspecified atom stereocenters. The van der Waals surface area contributed by atoms with Gasteiger partial charge in [-0.1, -0.05) is 65.3 Å². The summed E-state index contributed by atoms with van der Waals surface area (Å²) in [6.45, 7) is 2.02. The van der Waals surface area contributed by atoms with E-state index in [2.05, 4.69) is 5.16 Å². The van der Waals surface area contributed by atoms with Crippen LogP contribution < -0.4 is 5.56 Å². The molecule has 2 aromatic carbocycles. The van der Waals surface area contributed by atoms with Gasteiger partial charge < -0.3 is 9.09 Å². The van der Waals surface area contributed by atoms with Gasteiger partial charge in [-0.05, 0) is 12.5 Å². The zero-order chi connectivity index (χ0) is 16.7. The van der Waals surface area contributed by atoms with Crippen molar-refractivity contribution in [3.05, 3.63) is 76.6 Å². The Labute approximate surface area is 139 Å². The summed E-state index contributed by atoms with van der Waals surface area (Å²) in [6, 6.07) is 19.6. The maximum atomic E-state index is 12.9. The van der Waals surface area contributed by atoms with Gasteiger partial charge in [-0.2, -0.15) is 0 Å². The molecule has 0 aliphatic heterocycles. The van der Waals surface area contributed by atoms with E-state index >= 15 is 0 Å². The Morgan fingerprint density at radius 1 is 0.958 bits per heavy atom. The quantitative estimate of drug-likeness (QED) is 0.557. The number of nitrogens with zero attached hydrogens (tertiary/aromatic N) is 2. The Hall–Kier alpha value is -3.14. The molecular formula is C20H16N2O2. The Bertz CT molecular complexity index is 1070. The number of hydrogen-bond donors (Lipinski definition) is 0. The van der Waals surface area contributed by atoms with Gasteiger partial charge in [0.1, 0.15) is 11.1 Å². The van der Waals surface area contributed by atoms with E-state index in [0.29, 0.717) is 16.7 Å². The summed E-state index contributed by atoms with van der Waals surface area (Å²) < 4.78 is 7.11. The van der Waals surface area contributed by atoms with Crippen molar-refractivity contribution in [3.63, 3.8) is 0 Å². The summed E-state index contributed by atoms with van der Waals surface area (Å²) in [4.78, 5) is 12.9. The van der Waals surface area contributed by atoms with Crippen LogP contribution in [0.1, 0.15) is 5.56 Å². The standard InChI is InChI=1S/C20H16N2O2/c1-13-8-10-15(11-9-13)19-18-17(24-21-19)12-16(22(2)20(18)23)14-6-4-3-5-7-14/h3-12H,1-2H3. The molecule has 24 heavy (non-hydrogen) atoms. The Morgan fingerprint density at radius 2 is 1.67 bits per heavy atom. The van der Waals surface area contributed by atoms with Gasteiger partial charge in [-0.25, -0.2) is 0 Å². The number of hydrogen-bond acceptors (Lipinski definition) is 3. The van der Waals surface area contributed by atoms with Crippen molar-refractivity contribution >= 4 is 11.0 Å². The van der Waals surface area contributed by atoms with E-state index in [9.17, 15) is 4.79 Å². The van der Waals surface area contributed by atoms with Crippen LogP contribution in [-0.4, -0.2) is 9.72 Å². The van der Waals surface area contributed by atoms with Crippen LogP contribution in [0.15, 0.2) is 70.0 Å². The molecule has 118 valence electrons. The molecule has 4 rings (SSSR count). The largest absolute Gasteiger partial charge is 0.355 e. The first-order valence-corrected chi connectivity index (χ1v) is 7.77. The number of rotatable bonds is 2. The van der Waals surface area contributed by atoms with Gasteiger partial charge in [-0.15, -0.1) is 0 Å². The van der Waals surface area contributed by atoms with E-state index in [1.165, 1.54) is 0 Å². The van der Waals surface area contributed by atoms with E-state index in [-0.39, 0.29) is 5.56 Å². The second-order valence-electron chi connectivity index (χ2n) is 5.90. The van der Waals surface area contributed by atoms with Crippen LogP contribution in [0.4, 0.5) is 0 Å². The zero-order valence-corrected chi connectivity index (χ0v) is 13.5. The third kappa shape index (κ3) is 2.24. The molecule has 0 radical (unpaired) electrons. The summed E-state index contributed by atoms with van der Waals surface area (Å²) in [5, 5.41) is 4.66. The highest BCUT2D eigenvalue weighted by atomic mass is 16.5. The van der Waals surface area contributed by atoms with Crippen molar-refractivity contribution in [3.8, 4) is 22.5 Å². The first kappa shape index (κ1) is 14.5. The van der Waals surface area contributed by atoms with Crippen LogP contribution in [0, 0.1) is 6.92 Å². The number of pyridine rings is 1. The Balaban J connectivity index is 1.97. The van der Waals surface area contributed by atoms with Crippen molar-refractivity contribution in [1.82, 2.24) is 9.72 Å². The van der Waals surface area contributed by atoms with Crippen LogP contribution in [0.5, 0.6) is 0 Å². The molecule has 4 aromatic rings. The van der Waals surface area contributed by atoms with Crippen LogP contribution in [0.25, 0.3) is 33.5 Å². The van der Waals surface area contributed by atoms with Gasteiger partial charge in [0.15, 0.2) is 5.58 Å². The molecule has 0 saturated heterocycles. The van der Waals surface area contributed by atoms with Crippen molar-refractivity contribution < 1.29 is 4.52 Å². The molecule has 2 aromatic heterocycles. The molecule has 0 atom stereocenters. The zero-order valence-electron chi connectivity index (χ0n) is 13.5. The van der Waals surface area contributed by atoms with Gasteiger partial charge in [0.05, 0.1) is 5.69 Å². The lowest BCUT2D eigenvalue weighted by atomic mass is 10.1. The molecule has 2 heterocycles. The third-order valence-corrected chi connectivity index (χ3v) is 4.26. The molecule has 0 aliphatic rings. The minimum atomic E-state index is -0.108. The van der Waals surface area contributed by atoms with Crippen LogP contribution in [0.2, 0.25) is 0 Å². The highest BCUT2D eigenvalue weighted by Crippen LogP contribution is 2.28. The van der Waals surface area contributed by atoms with E-state index in [1.54, 1.807) is 11.6 Å². The lowest BCUT2D eigenvalue weighted by molar-refractivity contribution is 0.459. The summed E-state index contributed by atoms with van der Waals surface area (Å²) in [5.74, 6) is 0. The number of fused-ring (bicyclic) bond motifs is 1. The molecule has 0 saturated carbocycles. The monoisotopic (exact) mass is 316 g/mol. The summed E-state index contributed by atoms with van der Waals surface area (Å²) in [5.41, 5.74) is 4.79.